The number of phenolic OH excluding ortho intramolecular Hbond substituents is 1. The minimum absolute atomic E-state index is 0.0139. The van der Waals surface area contributed by atoms with E-state index in [1.165, 1.54) is 12.1 Å². The molecule has 126 valence electrons. The fraction of sp³-hybridized carbons (Fsp3) is 0.375. The molecule has 0 aliphatic carbocycles. The summed E-state index contributed by atoms with van der Waals surface area (Å²) in [4.78, 5) is 28.8. The van der Waals surface area contributed by atoms with E-state index in [1.807, 2.05) is 17.7 Å². The number of nitrogens with zero attached hydrogens (tertiary/aromatic N) is 4. The van der Waals surface area contributed by atoms with Crippen molar-refractivity contribution in [2.75, 3.05) is 6.54 Å². The van der Waals surface area contributed by atoms with E-state index in [2.05, 4.69) is 4.98 Å². The smallest absolute Gasteiger partial charge is 0.273 e. The molecule has 0 saturated carbocycles. The van der Waals surface area contributed by atoms with Gasteiger partial charge in [-0.1, -0.05) is 0 Å². The van der Waals surface area contributed by atoms with Crippen molar-refractivity contribution in [3.8, 4) is 5.75 Å². The molecule has 1 aromatic carbocycles. The second-order valence-electron chi connectivity index (χ2n) is 5.88. The Morgan fingerprint density at radius 3 is 2.92 bits per heavy atom. The average Bonchev–Trinajstić information content (AvgIpc) is 3.16. The Kier molecular flexibility index (Phi) is 4.20. The van der Waals surface area contributed by atoms with E-state index >= 15 is 0 Å². The van der Waals surface area contributed by atoms with Crippen molar-refractivity contribution in [2.45, 2.75) is 32.4 Å². The molecule has 1 atom stereocenters. The molecule has 1 saturated heterocycles. The number of non-ortho nitro benzene ring substituents is 1. The lowest BCUT2D eigenvalue weighted by Crippen LogP contribution is -2.38. The lowest BCUT2D eigenvalue weighted by atomic mass is 10.1. The van der Waals surface area contributed by atoms with Crippen LogP contribution in [0, 0.1) is 17.0 Å². The molecule has 1 N–H and O–H groups in total. The molecule has 2 aromatic rings. The Bertz CT molecular complexity index is 786. The predicted molar refractivity (Wildman–Crippen MR) is 85.8 cm³/mol. The highest BCUT2D eigenvalue weighted by Gasteiger charge is 2.31. The Labute approximate surface area is 138 Å². The summed E-state index contributed by atoms with van der Waals surface area (Å²) in [6.07, 6.45) is 5.35. The first kappa shape index (κ1) is 16.0. The normalized spacial score (nSPS) is 17.2. The number of hydrogen-bond acceptors (Lipinski definition) is 5. The van der Waals surface area contributed by atoms with E-state index < -0.39 is 4.92 Å². The number of imidazole rings is 1. The number of benzene rings is 1. The van der Waals surface area contributed by atoms with Gasteiger partial charge < -0.3 is 14.6 Å². The topological polar surface area (TPSA) is 102 Å². The first-order chi connectivity index (χ1) is 11.5. The van der Waals surface area contributed by atoms with Crippen LogP contribution < -0.4 is 0 Å². The molecule has 1 aliphatic heterocycles. The molecule has 1 amide bonds. The van der Waals surface area contributed by atoms with Gasteiger partial charge in [-0.2, -0.15) is 0 Å². The highest BCUT2D eigenvalue weighted by atomic mass is 16.6. The van der Waals surface area contributed by atoms with E-state index in [9.17, 15) is 20.0 Å². The number of carbonyl (C=O) groups excluding carboxylic acids is 1. The molecule has 1 aliphatic rings. The fourth-order valence-corrected chi connectivity index (χ4v) is 3.09. The zero-order valence-corrected chi connectivity index (χ0v) is 13.3. The summed E-state index contributed by atoms with van der Waals surface area (Å²) in [6, 6.07) is 3.57. The number of aromatic hydroxyl groups is 1. The van der Waals surface area contributed by atoms with E-state index in [0.717, 1.165) is 24.7 Å². The molecule has 0 unspecified atom stereocenters. The van der Waals surface area contributed by atoms with Gasteiger partial charge in [0.25, 0.3) is 11.6 Å². The third-order valence-corrected chi connectivity index (χ3v) is 4.39. The van der Waals surface area contributed by atoms with Crippen LogP contribution in [0.5, 0.6) is 5.75 Å². The number of likely N-dealkylation sites (tertiary alicyclic amines) is 1. The van der Waals surface area contributed by atoms with Gasteiger partial charge >= 0.3 is 0 Å². The van der Waals surface area contributed by atoms with Crippen LogP contribution in [0.1, 0.15) is 29.0 Å². The van der Waals surface area contributed by atoms with Gasteiger partial charge in [0.1, 0.15) is 11.6 Å². The van der Waals surface area contributed by atoms with Crippen molar-refractivity contribution < 1.29 is 14.8 Å². The van der Waals surface area contributed by atoms with E-state index in [1.54, 1.807) is 11.1 Å². The quantitative estimate of drug-likeness (QED) is 0.683. The van der Waals surface area contributed by atoms with E-state index in [-0.39, 0.29) is 28.9 Å². The van der Waals surface area contributed by atoms with Gasteiger partial charge in [0.05, 0.1) is 22.6 Å². The van der Waals surface area contributed by atoms with E-state index in [4.69, 9.17) is 0 Å². The summed E-state index contributed by atoms with van der Waals surface area (Å²) in [5.74, 6) is 0.216. The molecule has 0 bridgehead atoms. The van der Waals surface area contributed by atoms with Crippen LogP contribution in [-0.2, 0) is 6.54 Å². The van der Waals surface area contributed by atoms with Crippen molar-refractivity contribution in [3.63, 3.8) is 0 Å². The average molecular weight is 330 g/mol. The molecule has 8 nitrogen and oxygen atoms in total. The molecule has 0 radical (unpaired) electrons. The third-order valence-electron chi connectivity index (χ3n) is 4.39. The molecular formula is C16H18N4O4. The number of nitro benzene ring substituents is 1. The second-order valence-corrected chi connectivity index (χ2v) is 5.88. The van der Waals surface area contributed by atoms with Crippen LogP contribution in [0.15, 0.2) is 30.6 Å². The number of phenols is 1. The molecule has 3 rings (SSSR count). The van der Waals surface area contributed by atoms with E-state index in [0.29, 0.717) is 13.1 Å². The monoisotopic (exact) mass is 330 g/mol. The van der Waals surface area contributed by atoms with Crippen LogP contribution in [0.4, 0.5) is 5.69 Å². The lowest BCUT2D eigenvalue weighted by molar-refractivity contribution is -0.384. The summed E-state index contributed by atoms with van der Waals surface area (Å²) >= 11 is 0. The Balaban J connectivity index is 1.81. The lowest BCUT2D eigenvalue weighted by Gasteiger charge is -2.25. The Morgan fingerprint density at radius 1 is 1.50 bits per heavy atom. The number of nitro groups is 1. The third kappa shape index (κ3) is 2.94. The van der Waals surface area contributed by atoms with Crippen molar-refractivity contribution >= 4 is 11.6 Å². The SMILES string of the molecule is Cc1nccn1C[C@H]1CCCN1C(=O)c1ccc([N+](=O)[O-])cc1O. The van der Waals surface area contributed by atoms with Gasteiger partial charge in [0.2, 0.25) is 0 Å². The van der Waals surface area contributed by atoms with Crippen molar-refractivity contribution in [1.29, 1.82) is 0 Å². The summed E-state index contributed by atoms with van der Waals surface area (Å²) in [5.41, 5.74) is -0.147. The first-order valence-corrected chi connectivity index (χ1v) is 7.73. The molecule has 0 spiro atoms. The number of hydrogen-bond donors (Lipinski definition) is 1. The summed E-state index contributed by atoms with van der Waals surface area (Å²) in [7, 11) is 0. The molecule has 1 fully saturated rings. The van der Waals surface area contributed by atoms with Gasteiger partial charge in [-0.05, 0) is 25.8 Å². The van der Waals surface area contributed by atoms with Crippen LogP contribution in [-0.4, -0.2) is 43.0 Å². The van der Waals surface area contributed by atoms with Crippen LogP contribution in [0.25, 0.3) is 0 Å². The van der Waals surface area contributed by atoms with Crippen molar-refractivity contribution in [2.24, 2.45) is 0 Å². The number of aryl methyl sites for hydroxylation is 1. The first-order valence-electron chi connectivity index (χ1n) is 7.73. The zero-order chi connectivity index (χ0) is 17.3. The summed E-state index contributed by atoms with van der Waals surface area (Å²) < 4.78 is 1.99. The van der Waals surface area contributed by atoms with Gasteiger partial charge in [-0.3, -0.25) is 14.9 Å². The molecule has 2 heterocycles. The molecule has 1 aromatic heterocycles. The fourth-order valence-electron chi connectivity index (χ4n) is 3.09. The van der Waals surface area contributed by atoms with Crippen LogP contribution >= 0.6 is 0 Å². The maximum Gasteiger partial charge on any atom is 0.273 e. The number of rotatable bonds is 4. The van der Waals surface area contributed by atoms with Gasteiger partial charge in [0.15, 0.2) is 0 Å². The number of carbonyl (C=O) groups is 1. The Morgan fingerprint density at radius 2 is 2.29 bits per heavy atom. The minimum Gasteiger partial charge on any atom is -0.507 e. The summed E-state index contributed by atoms with van der Waals surface area (Å²) in [5, 5.41) is 20.7. The second kappa shape index (κ2) is 6.31. The zero-order valence-electron chi connectivity index (χ0n) is 13.3. The largest absolute Gasteiger partial charge is 0.507 e. The molecular weight excluding hydrogens is 312 g/mol. The van der Waals surface area contributed by atoms with Crippen LogP contribution in [0.2, 0.25) is 0 Å². The Hall–Kier alpha value is -2.90. The predicted octanol–water partition coefficient (Wildman–Crippen LogP) is 2.11. The highest BCUT2D eigenvalue weighted by molar-refractivity contribution is 5.97. The number of amides is 1. The molecule has 8 heteroatoms. The molecule has 24 heavy (non-hydrogen) atoms. The standard InChI is InChI=1S/C16H18N4O4/c1-11-17-6-8-18(11)10-13-3-2-7-19(13)16(22)14-5-4-12(20(23)24)9-15(14)21/h4-6,8-9,13,21H,2-3,7,10H2,1H3/t13-/m1/s1. The van der Waals surface area contributed by atoms with Crippen molar-refractivity contribution in [3.05, 3.63) is 52.1 Å². The van der Waals surface area contributed by atoms with Crippen LogP contribution in [0.3, 0.4) is 0 Å². The maximum absolute atomic E-state index is 12.7. The maximum atomic E-state index is 12.7. The summed E-state index contributed by atoms with van der Waals surface area (Å²) in [6.45, 7) is 3.16. The van der Waals surface area contributed by atoms with Gasteiger partial charge in [-0.15, -0.1) is 0 Å². The highest BCUT2D eigenvalue weighted by Crippen LogP contribution is 2.28. The van der Waals surface area contributed by atoms with Gasteiger partial charge in [0, 0.05) is 31.5 Å². The number of aromatic nitrogens is 2. The minimum atomic E-state index is -0.603. The van der Waals surface area contributed by atoms with Gasteiger partial charge in [-0.25, -0.2) is 4.98 Å². The van der Waals surface area contributed by atoms with Crippen molar-refractivity contribution in [1.82, 2.24) is 14.5 Å².